The number of rotatable bonds is 7. The van der Waals surface area contributed by atoms with Gasteiger partial charge in [-0.2, -0.15) is 0 Å². The highest BCUT2D eigenvalue weighted by molar-refractivity contribution is 6.00. The maximum Gasteiger partial charge on any atom is 0.311 e. The number of carbonyl (C=O) groups excluding carboxylic acids is 4. The van der Waals surface area contributed by atoms with Gasteiger partial charge in [0.25, 0.3) is 5.91 Å². The fraction of sp³-hybridized carbons (Fsp3) is 0.304. The van der Waals surface area contributed by atoms with Crippen LogP contribution in [0.1, 0.15) is 25.8 Å². The van der Waals surface area contributed by atoms with Gasteiger partial charge >= 0.3 is 5.97 Å². The summed E-state index contributed by atoms with van der Waals surface area (Å²) in [6.45, 7) is 3.25. The van der Waals surface area contributed by atoms with Gasteiger partial charge in [0.15, 0.2) is 6.61 Å². The van der Waals surface area contributed by atoms with Crippen LogP contribution in [0.2, 0.25) is 0 Å². The molecule has 1 heterocycles. The standard InChI is InChI=1S/C23H25N3O5/c1-3-16-4-10-20(11-5-16)26-13-17(12-22(26)29)23(30)31-14-21(28)25-19-8-6-18(7-9-19)24-15(2)27/h4-11,17H,3,12-14H2,1-2H3,(H,24,27)(H,25,28)/t17-/m1/s1. The van der Waals surface area contributed by atoms with Gasteiger partial charge in [0.1, 0.15) is 0 Å². The lowest BCUT2D eigenvalue weighted by molar-refractivity contribution is -0.151. The van der Waals surface area contributed by atoms with Gasteiger partial charge in [0.2, 0.25) is 11.8 Å². The summed E-state index contributed by atoms with van der Waals surface area (Å²) in [7, 11) is 0. The SMILES string of the molecule is CCc1ccc(N2C[C@H](C(=O)OCC(=O)Nc3ccc(NC(C)=O)cc3)CC2=O)cc1. The minimum absolute atomic E-state index is 0.0561. The van der Waals surface area contributed by atoms with Gasteiger partial charge in [0.05, 0.1) is 5.92 Å². The Morgan fingerprint density at radius 2 is 1.61 bits per heavy atom. The van der Waals surface area contributed by atoms with Crippen molar-refractivity contribution in [2.45, 2.75) is 26.7 Å². The molecule has 2 aromatic rings. The zero-order valence-corrected chi connectivity index (χ0v) is 17.5. The number of benzene rings is 2. The van der Waals surface area contributed by atoms with E-state index in [1.165, 1.54) is 12.5 Å². The van der Waals surface area contributed by atoms with Crippen LogP contribution in [-0.2, 0) is 30.3 Å². The molecule has 1 aliphatic heterocycles. The molecule has 3 amide bonds. The highest BCUT2D eigenvalue weighted by Gasteiger charge is 2.36. The van der Waals surface area contributed by atoms with E-state index in [0.717, 1.165) is 12.1 Å². The van der Waals surface area contributed by atoms with Crippen LogP contribution in [0.15, 0.2) is 48.5 Å². The molecule has 0 unspecified atom stereocenters. The Kier molecular flexibility index (Phi) is 7.02. The van der Waals surface area contributed by atoms with E-state index < -0.39 is 24.4 Å². The largest absolute Gasteiger partial charge is 0.455 e. The van der Waals surface area contributed by atoms with Crippen molar-refractivity contribution in [3.05, 3.63) is 54.1 Å². The van der Waals surface area contributed by atoms with E-state index in [1.54, 1.807) is 29.2 Å². The van der Waals surface area contributed by atoms with Gasteiger partial charge in [-0.1, -0.05) is 19.1 Å². The third-order valence-electron chi connectivity index (χ3n) is 4.95. The lowest BCUT2D eigenvalue weighted by Crippen LogP contribution is -2.28. The second-order valence-electron chi connectivity index (χ2n) is 7.34. The predicted molar refractivity (Wildman–Crippen MR) is 117 cm³/mol. The van der Waals surface area contributed by atoms with E-state index in [0.29, 0.717) is 11.4 Å². The average Bonchev–Trinajstić information content (AvgIpc) is 3.15. The van der Waals surface area contributed by atoms with Crippen molar-refractivity contribution in [1.29, 1.82) is 0 Å². The van der Waals surface area contributed by atoms with Crippen LogP contribution in [0, 0.1) is 5.92 Å². The molecular formula is C23H25N3O5. The topological polar surface area (TPSA) is 105 Å². The molecule has 3 rings (SSSR count). The number of hydrogen-bond donors (Lipinski definition) is 2. The van der Waals surface area contributed by atoms with Crippen molar-refractivity contribution < 1.29 is 23.9 Å². The van der Waals surface area contributed by atoms with Crippen LogP contribution in [0.25, 0.3) is 0 Å². The van der Waals surface area contributed by atoms with Crippen molar-refractivity contribution in [3.63, 3.8) is 0 Å². The minimum atomic E-state index is -0.608. The minimum Gasteiger partial charge on any atom is -0.455 e. The zero-order chi connectivity index (χ0) is 22.4. The third kappa shape index (κ3) is 5.91. The molecule has 2 aromatic carbocycles. The maximum absolute atomic E-state index is 12.4. The molecule has 162 valence electrons. The van der Waals surface area contributed by atoms with Crippen molar-refractivity contribution >= 4 is 40.8 Å². The first-order valence-electron chi connectivity index (χ1n) is 10.1. The predicted octanol–water partition coefficient (Wildman–Crippen LogP) is 2.74. The number of nitrogens with zero attached hydrogens (tertiary/aromatic N) is 1. The number of ether oxygens (including phenoxy) is 1. The number of aryl methyl sites for hydroxylation is 1. The van der Waals surface area contributed by atoms with Crippen LogP contribution in [0.4, 0.5) is 17.1 Å². The lowest BCUT2D eigenvalue weighted by atomic mass is 10.1. The van der Waals surface area contributed by atoms with Gasteiger partial charge < -0.3 is 20.3 Å². The Morgan fingerprint density at radius 3 is 2.19 bits per heavy atom. The first-order chi connectivity index (χ1) is 14.9. The molecule has 0 aromatic heterocycles. The first kappa shape index (κ1) is 22.0. The van der Waals surface area contributed by atoms with E-state index >= 15 is 0 Å². The third-order valence-corrected chi connectivity index (χ3v) is 4.95. The van der Waals surface area contributed by atoms with Gasteiger partial charge in [0, 0.05) is 37.0 Å². The molecular weight excluding hydrogens is 398 g/mol. The van der Waals surface area contributed by atoms with Crippen LogP contribution < -0.4 is 15.5 Å². The summed E-state index contributed by atoms with van der Waals surface area (Å²) in [6, 6.07) is 14.2. The van der Waals surface area contributed by atoms with E-state index in [2.05, 4.69) is 17.6 Å². The summed E-state index contributed by atoms with van der Waals surface area (Å²) >= 11 is 0. The highest BCUT2D eigenvalue weighted by Crippen LogP contribution is 2.26. The summed E-state index contributed by atoms with van der Waals surface area (Å²) in [5.74, 6) is -2.00. The molecule has 0 bridgehead atoms. The molecule has 2 N–H and O–H groups in total. The highest BCUT2D eigenvalue weighted by atomic mass is 16.5. The summed E-state index contributed by atoms with van der Waals surface area (Å²) in [5.41, 5.74) is 3.03. The molecule has 0 saturated carbocycles. The van der Waals surface area contributed by atoms with Gasteiger partial charge in [-0.15, -0.1) is 0 Å². The van der Waals surface area contributed by atoms with Crippen molar-refractivity contribution in [2.24, 2.45) is 5.92 Å². The van der Waals surface area contributed by atoms with E-state index in [4.69, 9.17) is 4.74 Å². The van der Waals surface area contributed by atoms with Gasteiger partial charge in [-0.3, -0.25) is 19.2 Å². The Labute approximate surface area is 180 Å². The lowest BCUT2D eigenvalue weighted by Gasteiger charge is -2.17. The average molecular weight is 423 g/mol. The Hall–Kier alpha value is -3.68. The Morgan fingerprint density at radius 1 is 1.00 bits per heavy atom. The molecule has 1 aliphatic rings. The molecule has 0 spiro atoms. The molecule has 0 radical (unpaired) electrons. The molecule has 1 saturated heterocycles. The summed E-state index contributed by atoms with van der Waals surface area (Å²) in [6.07, 6.45) is 0.964. The van der Waals surface area contributed by atoms with Gasteiger partial charge in [-0.05, 0) is 48.4 Å². The van der Waals surface area contributed by atoms with E-state index in [-0.39, 0.29) is 24.8 Å². The quantitative estimate of drug-likeness (QED) is 0.667. The molecule has 31 heavy (non-hydrogen) atoms. The molecule has 0 aliphatic carbocycles. The Bertz CT molecular complexity index is 970. The number of anilines is 3. The smallest absolute Gasteiger partial charge is 0.311 e. The molecule has 1 atom stereocenters. The monoisotopic (exact) mass is 423 g/mol. The van der Waals surface area contributed by atoms with Crippen molar-refractivity contribution in [3.8, 4) is 0 Å². The maximum atomic E-state index is 12.4. The number of nitrogens with one attached hydrogen (secondary N) is 2. The molecule has 8 nitrogen and oxygen atoms in total. The van der Waals surface area contributed by atoms with E-state index in [9.17, 15) is 19.2 Å². The van der Waals surface area contributed by atoms with E-state index in [1.807, 2.05) is 24.3 Å². The van der Waals surface area contributed by atoms with Crippen LogP contribution in [0.3, 0.4) is 0 Å². The van der Waals surface area contributed by atoms with Crippen LogP contribution in [0.5, 0.6) is 0 Å². The van der Waals surface area contributed by atoms with Gasteiger partial charge in [-0.25, -0.2) is 0 Å². The number of carbonyl (C=O) groups is 4. The fourth-order valence-electron chi connectivity index (χ4n) is 3.32. The van der Waals surface area contributed by atoms with Crippen molar-refractivity contribution in [2.75, 3.05) is 28.7 Å². The summed E-state index contributed by atoms with van der Waals surface area (Å²) in [5, 5.41) is 5.25. The number of amides is 3. The molecule has 8 heteroatoms. The summed E-state index contributed by atoms with van der Waals surface area (Å²) < 4.78 is 5.12. The van der Waals surface area contributed by atoms with Crippen molar-refractivity contribution in [1.82, 2.24) is 0 Å². The zero-order valence-electron chi connectivity index (χ0n) is 17.5. The first-order valence-corrected chi connectivity index (χ1v) is 10.1. The van der Waals surface area contributed by atoms with Crippen LogP contribution >= 0.6 is 0 Å². The number of esters is 1. The number of hydrogen-bond acceptors (Lipinski definition) is 5. The van der Waals surface area contributed by atoms with Crippen LogP contribution in [-0.4, -0.2) is 36.8 Å². The second-order valence-corrected chi connectivity index (χ2v) is 7.34. The Balaban J connectivity index is 1.48. The fourth-order valence-corrected chi connectivity index (χ4v) is 3.32. The summed E-state index contributed by atoms with van der Waals surface area (Å²) in [4.78, 5) is 49.4. The second kappa shape index (κ2) is 9.88. The normalized spacial score (nSPS) is 15.5. The molecule has 1 fully saturated rings.